The molecule has 0 aliphatic carbocycles. The van der Waals surface area contributed by atoms with Crippen molar-refractivity contribution in [3.05, 3.63) is 53.8 Å². The summed E-state index contributed by atoms with van der Waals surface area (Å²) in [4.78, 5) is 16.7. The van der Waals surface area contributed by atoms with Crippen molar-refractivity contribution in [3.8, 4) is 11.1 Å². The van der Waals surface area contributed by atoms with E-state index >= 15 is 0 Å². The summed E-state index contributed by atoms with van der Waals surface area (Å²) in [5, 5.41) is 0. The van der Waals surface area contributed by atoms with Crippen molar-refractivity contribution >= 4 is 11.6 Å². The van der Waals surface area contributed by atoms with Gasteiger partial charge in [-0.15, -0.1) is 0 Å². The van der Waals surface area contributed by atoms with Crippen LogP contribution >= 0.6 is 0 Å². The van der Waals surface area contributed by atoms with Crippen LogP contribution in [0.1, 0.15) is 5.56 Å². The van der Waals surface area contributed by atoms with Gasteiger partial charge in [-0.25, -0.2) is 4.39 Å². The lowest BCUT2D eigenvalue weighted by molar-refractivity contribution is -0.123. The van der Waals surface area contributed by atoms with Gasteiger partial charge in [0.2, 0.25) is 0 Å². The van der Waals surface area contributed by atoms with Crippen molar-refractivity contribution in [2.24, 2.45) is 0 Å². The Hall–Kier alpha value is -2.28. The molecule has 2 aromatic rings. The van der Waals surface area contributed by atoms with Gasteiger partial charge in [-0.05, 0) is 35.4 Å². The number of carbonyl (C=O) groups excluding carboxylic acids is 1. The minimum atomic E-state index is -0.263. The molecular weight excluding hydrogens is 347 g/mol. The summed E-state index contributed by atoms with van der Waals surface area (Å²) in [5.74, 6) is -0.290. The summed E-state index contributed by atoms with van der Waals surface area (Å²) in [6.45, 7) is 5.14. The number of morpholine rings is 1. The van der Waals surface area contributed by atoms with E-state index in [-0.39, 0.29) is 18.3 Å². The average Bonchev–Trinajstić information content (AvgIpc) is 2.85. The summed E-state index contributed by atoms with van der Waals surface area (Å²) in [6.07, 6.45) is 0. The first kappa shape index (κ1) is 18.1. The Bertz CT molecular complexity index is 821. The molecule has 142 valence electrons. The van der Waals surface area contributed by atoms with Crippen LogP contribution in [0.3, 0.4) is 0 Å². The second-order valence-electron chi connectivity index (χ2n) is 6.85. The number of benzene rings is 2. The van der Waals surface area contributed by atoms with Gasteiger partial charge < -0.3 is 14.4 Å². The third kappa shape index (κ3) is 4.18. The Kier molecular flexibility index (Phi) is 5.48. The van der Waals surface area contributed by atoms with Crippen LogP contribution in [-0.2, 0) is 20.9 Å². The van der Waals surface area contributed by atoms with Crippen molar-refractivity contribution in [1.29, 1.82) is 0 Å². The predicted molar refractivity (Wildman–Crippen MR) is 101 cm³/mol. The zero-order valence-electron chi connectivity index (χ0n) is 15.2. The molecule has 6 heteroatoms. The normalized spacial score (nSPS) is 18.3. The van der Waals surface area contributed by atoms with E-state index in [1.165, 1.54) is 12.1 Å². The lowest BCUT2D eigenvalue weighted by Gasteiger charge is -2.30. The fourth-order valence-corrected chi connectivity index (χ4v) is 3.58. The summed E-state index contributed by atoms with van der Waals surface area (Å²) in [6, 6.07) is 12.4. The topological polar surface area (TPSA) is 42.0 Å². The first-order valence-corrected chi connectivity index (χ1v) is 9.28. The number of ether oxygens (including phenoxy) is 2. The molecule has 1 saturated heterocycles. The first-order chi connectivity index (χ1) is 13.2. The average molecular weight is 370 g/mol. The highest BCUT2D eigenvalue weighted by Gasteiger charge is 2.24. The SMILES string of the molecule is O=C1COCc2cc(-c3cccc(F)c3)ccc2N1CCN1CCOCC1. The molecule has 4 rings (SSSR count). The number of hydrogen-bond donors (Lipinski definition) is 0. The molecule has 0 saturated carbocycles. The van der Waals surface area contributed by atoms with Crippen LogP contribution < -0.4 is 4.90 Å². The van der Waals surface area contributed by atoms with Gasteiger partial charge in [-0.2, -0.15) is 0 Å². The fraction of sp³-hybridized carbons (Fsp3) is 0.381. The van der Waals surface area contributed by atoms with Crippen LogP contribution in [0, 0.1) is 5.82 Å². The molecule has 0 N–H and O–H groups in total. The van der Waals surface area contributed by atoms with Gasteiger partial charge in [-0.1, -0.05) is 18.2 Å². The molecule has 1 fully saturated rings. The molecule has 2 aliphatic heterocycles. The molecule has 2 aromatic carbocycles. The van der Waals surface area contributed by atoms with Gasteiger partial charge in [0.25, 0.3) is 5.91 Å². The number of nitrogens with zero attached hydrogens (tertiary/aromatic N) is 2. The van der Waals surface area contributed by atoms with E-state index in [9.17, 15) is 9.18 Å². The number of fused-ring (bicyclic) bond motifs is 1. The maximum Gasteiger partial charge on any atom is 0.253 e. The standard InChI is InChI=1S/C21H23FN2O3/c22-19-3-1-2-16(13-19)17-4-5-20-18(12-17)14-27-15-21(25)24(20)7-6-23-8-10-26-11-9-23/h1-5,12-13H,6-11,14-15H2. The quantitative estimate of drug-likeness (QED) is 0.830. The maximum atomic E-state index is 13.6. The molecule has 5 nitrogen and oxygen atoms in total. The third-order valence-corrected chi connectivity index (χ3v) is 5.06. The molecule has 0 aromatic heterocycles. The summed E-state index contributed by atoms with van der Waals surface area (Å²) in [7, 11) is 0. The molecule has 27 heavy (non-hydrogen) atoms. The van der Waals surface area contributed by atoms with Crippen molar-refractivity contribution in [3.63, 3.8) is 0 Å². The van der Waals surface area contributed by atoms with Gasteiger partial charge in [0, 0.05) is 37.4 Å². The van der Waals surface area contributed by atoms with Gasteiger partial charge in [-0.3, -0.25) is 9.69 Å². The number of carbonyl (C=O) groups is 1. The Morgan fingerprint density at radius 1 is 0.926 bits per heavy atom. The Labute approximate surface area is 158 Å². The fourth-order valence-electron chi connectivity index (χ4n) is 3.58. The van der Waals surface area contributed by atoms with E-state index in [0.29, 0.717) is 13.2 Å². The maximum absolute atomic E-state index is 13.6. The van der Waals surface area contributed by atoms with Crippen LogP contribution in [0.25, 0.3) is 11.1 Å². The van der Waals surface area contributed by atoms with Crippen molar-refractivity contribution in [2.45, 2.75) is 6.61 Å². The number of halogens is 1. The molecule has 0 spiro atoms. The van der Waals surface area contributed by atoms with E-state index in [1.807, 2.05) is 29.2 Å². The molecule has 0 unspecified atom stereocenters. The summed E-state index contributed by atoms with van der Waals surface area (Å²) in [5.41, 5.74) is 3.56. The highest BCUT2D eigenvalue weighted by atomic mass is 19.1. The molecule has 2 aliphatic rings. The zero-order chi connectivity index (χ0) is 18.6. The van der Waals surface area contributed by atoms with Crippen LogP contribution in [0.15, 0.2) is 42.5 Å². The Balaban J connectivity index is 1.57. The van der Waals surface area contributed by atoms with E-state index in [4.69, 9.17) is 9.47 Å². The minimum absolute atomic E-state index is 0.0273. The van der Waals surface area contributed by atoms with Crippen molar-refractivity contribution in [1.82, 2.24) is 4.90 Å². The van der Waals surface area contributed by atoms with Gasteiger partial charge in [0.1, 0.15) is 12.4 Å². The number of anilines is 1. The van der Waals surface area contributed by atoms with E-state index in [2.05, 4.69) is 4.90 Å². The van der Waals surface area contributed by atoms with Crippen LogP contribution in [0.5, 0.6) is 0 Å². The van der Waals surface area contributed by atoms with E-state index < -0.39 is 0 Å². The highest BCUT2D eigenvalue weighted by Crippen LogP contribution is 2.30. The van der Waals surface area contributed by atoms with Crippen LogP contribution in [-0.4, -0.2) is 56.8 Å². The predicted octanol–water partition coefficient (Wildman–Crippen LogP) is 2.69. The van der Waals surface area contributed by atoms with Crippen LogP contribution in [0.2, 0.25) is 0 Å². The lowest BCUT2D eigenvalue weighted by Crippen LogP contribution is -2.43. The van der Waals surface area contributed by atoms with Crippen LogP contribution in [0.4, 0.5) is 10.1 Å². The number of rotatable bonds is 4. The Morgan fingerprint density at radius 2 is 1.74 bits per heavy atom. The van der Waals surface area contributed by atoms with Crippen molar-refractivity contribution < 1.29 is 18.7 Å². The van der Waals surface area contributed by atoms with Gasteiger partial charge >= 0.3 is 0 Å². The second kappa shape index (κ2) is 8.17. The number of hydrogen-bond acceptors (Lipinski definition) is 4. The van der Waals surface area contributed by atoms with E-state index in [1.54, 1.807) is 6.07 Å². The molecule has 0 radical (unpaired) electrons. The summed E-state index contributed by atoms with van der Waals surface area (Å²) >= 11 is 0. The second-order valence-corrected chi connectivity index (χ2v) is 6.85. The van der Waals surface area contributed by atoms with Gasteiger partial charge in [0.15, 0.2) is 0 Å². The van der Waals surface area contributed by atoms with Gasteiger partial charge in [0.05, 0.1) is 19.8 Å². The molecule has 0 atom stereocenters. The zero-order valence-corrected chi connectivity index (χ0v) is 15.2. The first-order valence-electron chi connectivity index (χ1n) is 9.28. The molecule has 2 heterocycles. The molecular formula is C21H23FN2O3. The molecule has 0 bridgehead atoms. The molecule has 1 amide bonds. The minimum Gasteiger partial charge on any atom is -0.379 e. The third-order valence-electron chi connectivity index (χ3n) is 5.06. The van der Waals surface area contributed by atoms with Crippen molar-refractivity contribution in [2.75, 3.05) is 50.9 Å². The largest absolute Gasteiger partial charge is 0.379 e. The smallest absolute Gasteiger partial charge is 0.253 e. The Morgan fingerprint density at radius 3 is 2.56 bits per heavy atom. The highest BCUT2D eigenvalue weighted by molar-refractivity contribution is 5.96. The monoisotopic (exact) mass is 370 g/mol. The summed E-state index contributed by atoms with van der Waals surface area (Å²) < 4.78 is 24.5. The number of amides is 1. The van der Waals surface area contributed by atoms with E-state index in [0.717, 1.165) is 55.2 Å². The lowest BCUT2D eigenvalue weighted by atomic mass is 10.0.